The first-order valence-electron chi connectivity index (χ1n) is 7.88. The number of sulfonamides is 1. The van der Waals surface area contributed by atoms with Gasteiger partial charge in [0, 0.05) is 19.1 Å². The summed E-state index contributed by atoms with van der Waals surface area (Å²) in [5.74, 6) is 0.592. The zero-order valence-corrected chi connectivity index (χ0v) is 13.5. The third-order valence-corrected chi connectivity index (χ3v) is 5.40. The molecule has 1 aromatic heterocycles. The van der Waals surface area contributed by atoms with Crippen LogP contribution in [-0.2, 0) is 10.0 Å². The number of piperidine rings is 2. The second-order valence-corrected chi connectivity index (χ2v) is 7.66. The molecule has 0 aliphatic carbocycles. The Hall–Kier alpha value is -1.25. The topological polar surface area (TPSA) is 92.4 Å². The molecule has 8 heteroatoms. The Morgan fingerprint density at radius 3 is 2.36 bits per heavy atom. The monoisotopic (exact) mass is 325 g/mol. The first-order chi connectivity index (χ1) is 10.5. The normalized spacial score (nSPS) is 24.4. The predicted octanol–water partition coefficient (Wildman–Crippen LogP) is 0.579. The second-order valence-electron chi connectivity index (χ2n) is 6.10. The van der Waals surface area contributed by atoms with Gasteiger partial charge in [-0.1, -0.05) is 6.42 Å². The number of hydrogen-bond donors (Lipinski definition) is 1. The highest BCUT2D eigenvalue weighted by atomic mass is 32.2. The van der Waals surface area contributed by atoms with Crippen molar-refractivity contribution in [3.63, 3.8) is 0 Å². The molecule has 0 spiro atoms. The fraction of sp³-hybridized carbons (Fsp3) is 0.714. The Morgan fingerprint density at radius 1 is 1.05 bits per heavy atom. The summed E-state index contributed by atoms with van der Waals surface area (Å²) in [6, 6.07) is 0.551. The van der Waals surface area contributed by atoms with Gasteiger partial charge in [0.2, 0.25) is 16.0 Å². The minimum atomic E-state index is -3.73. The van der Waals surface area contributed by atoms with E-state index in [1.165, 1.54) is 51.2 Å². The van der Waals surface area contributed by atoms with Gasteiger partial charge in [0.15, 0.2) is 0 Å². The summed E-state index contributed by atoms with van der Waals surface area (Å²) in [4.78, 5) is 13.1. The van der Waals surface area contributed by atoms with Crippen molar-refractivity contribution < 1.29 is 8.42 Å². The maximum absolute atomic E-state index is 11.3. The van der Waals surface area contributed by atoms with E-state index in [0.29, 0.717) is 12.0 Å². The van der Waals surface area contributed by atoms with Gasteiger partial charge < -0.3 is 4.90 Å². The molecule has 0 saturated carbocycles. The van der Waals surface area contributed by atoms with E-state index in [0.717, 1.165) is 19.5 Å². The van der Waals surface area contributed by atoms with Crippen LogP contribution >= 0.6 is 0 Å². The number of nitrogens with zero attached hydrogens (tertiary/aromatic N) is 4. The number of likely N-dealkylation sites (tertiary alicyclic amines) is 1. The number of rotatable bonds is 3. The van der Waals surface area contributed by atoms with Gasteiger partial charge in [-0.3, -0.25) is 4.90 Å². The van der Waals surface area contributed by atoms with Gasteiger partial charge in [-0.25, -0.2) is 23.5 Å². The molecule has 3 rings (SSSR count). The highest BCUT2D eigenvalue weighted by Crippen LogP contribution is 2.22. The van der Waals surface area contributed by atoms with Crippen LogP contribution in [0.15, 0.2) is 17.3 Å². The zero-order valence-electron chi connectivity index (χ0n) is 12.7. The number of primary sulfonamides is 1. The maximum atomic E-state index is 11.3. The SMILES string of the molecule is NS(=O)(=O)c1cnc(N2CCCC(N3CCCCC3)C2)nc1. The van der Waals surface area contributed by atoms with Crippen LogP contribution in [0.2, 0.25) is 0 Å². The first-order valence-corrected chi connectivity index (χ1v) is 9.42. The fourth-order valence-corrected chi connectivity index (χ4v) is 3.74. The van der Waals surface area contributed by atoms with Crippen molar-refractivity contribution in [2.24, 2.45) is 5.14 Å². The van der Waals surface area contributed by atoms with Crippen LogP contribution in [0.5, 0.6) is 0 Å². The molecule has 1 aromatic rings. The smallest absolute Gasteiger partial charge is 0.241 e. The Balaban J connectivity index is 1.69. The van der Waals surface area contributed by atoms with Crippen molar-refractivity contribution in [2.75, 3.05) is 31.1 Å². The van der Waals surface area contributed by atoms with E-state index in [4.69, 9.17) is 5.14 Å². The number of hydrogen-bond acceptors (Lipinski definition) is 6. The van der Waals surface area contributed by atoms with Gasteiger partial charge >= 0.3 is 0 Å². The second kappa shape index (κ2) is 6.47. The molecule has 22 heavy (non-hydrogen) atoms. The van der Waals surface area contributed by atoms with E-state index >= 15 is 0 Å². The molecule has 1 unspecified atom stereocenters. The van der Waals surface area contributed by atoms with Crippen LogP contribution in [0.3, 0.4) is 0 Å². The molecule has 0 bridgehead atoms. The van der Waals surface area contributed by atoms with E-state index < -0.39 is 10.0 Å². The maximum Gasteiger partial charge on any atom is 0.241 e. The Morgan fingerprint density at radius 2 is 1.73 bits per heavy atom. The average Bonchev–Trinajstić information content (AvgIpc) is 2.55. The van der Waals surface area contributed by atoms with Gasteiger partial charge in [0.1, 0.15) is 4.90 Å². The Labute approximate surface area is 131 Å². The molecule has 7 nitrogen and oxygen atoms in total. The van der Waals surface area contributed by atoms with E-state index in [1.807, 2.05) is 0 Å². The van der Waals surface area contributed by atoms with Crippen LogP contribution < -0.4 is 10.0 Å². The lowest BCUT2D eigenvalue weighted by atomic mass is 10.0. The zero-order chi connectivity index (χ0) is 15.6. The summed E-state index contributed by atoms with van der Waals surface area (Å²) in [6.07, 6.45) is 8.83. The summed E-state index contributed by atoms with van der Waals surface area (Å²) in [6.45, 7) is 4.20. The van der Waals surface area contributed by atoms with E-state index in [1.54, 1.807) is 0 Å². The average molecular weight is 325 g/mol. The quantitative estimate of drug-likeness (QED) is 0.874. The standard InChI is InChI=1S/C14H23N5O2S/c15-22(20,21)13-9-16-14(17-10-13)19-8-4-5-12(11-19)18-6-2-1-3-7-18/h9-10,12H,1-8,11H2,(H2,15,20,21). The highest BCUT2D eigenvalue weighted by molar-refractivity contribution is 7.89. The summed E-state index contributed by atoms with van der Waals surface area (Å²) in [5, 5.41) is 5.08. The first kappa shape index (κ1) is 15.6. The molecule has 0 amide bonds. The minimum absolute atomic E-state index is 0.0409. The van der Waals surface area contributed by atoms with Crippen LogP contribution in [-0.4, -0.2) is 55.5 Å². The van der Waals surface area contributed by atoms with Crippen LogP contribution in [0.1, 0.15) is 32.1 Å². The molecule has 2 fully saturated rings. The molecule has 0 aromatic carbocycles. The number of anilines is 1. The van der Waals surface area contributed by atoms with Gasteiger partial charge in [0.05, 0.1) is 12.4 Å². The summed E-state index contributed by atoms with van der Waals surface area (Å²) in [7, 11) is -3.73. The summed E-state index contributed by atoms with van der Waals surface area (Å²) < 4.78 is 22.5. The van der Waals surface area contributed by atoms with Crippen LogP contribution in [0.4, 0.5) is 5.95 Å². The molecule has 2 aliphatic heterocycles. The third kappa shape index (κ3) is 3.56. The molecule has 3 heterocycles. The molecule has 2 aliphatic rings. The molecule has 2 N–H and O–H groups in total. The van der Waals surface area contributed by atoms with Crippen molar-refractivity contribution in [2.45, 2.75) is 43.0 Å². The third-order valence-electron chi connectivity index (χ3n) is 4.53. The van der Waals surface area contributed by atoms with E-state index in [2.05, 4.69) is 19.8 Å². The highest BCUT2D eigenvalue weighted by Gasteiger charge is 2.27. The number of nitrogens with two attached hydrogens (primary N) is 1. The molecular weight excluding hydrogens is 302 g/mol. The molecule has 2 saturated heterocycles. The fourth-order valence-electron chi connectivity index (χ4n) is 3.34. The molecule has 122 valence electrons. The van der Waals surface area contributed by atoms with Crippen molar-refractivity contribution in [3.8, 4) is 0 Å². The lowest BCUT2D eigenvalue weighted by molar-refractivity contribution is 0.147. The van der Waals surface area contributed by atoms with Crippen LogP contribution in [0.25, 0.3) is 0 Å². The van der Waals surface area contributed by atoms with Crippen molar-refractivity contribution in [1.29, 1.82) is 0 Å². The lowest BCUT2D eigenvalue weighted by Crippen LogP contribution is -2.50. The minimum Gasteiger partial charge on any atom is -0.339 e. The van der Waals surface area contributed by atoms with Gasteiger partial charge in [-0.2, -0.15) is 0 Å². The summed E-state index contributed by atoms with van der Waals surface area (Å²) in [5.41, 5.74) is 0. The van der Waals surface area contributed by atoms with Crippen LogP contribution in [0, 0.1) is 0 Å². The van der Waals surface area contributed by atoms with Gasteiger partial charge in [0.25, 0.3) is 0 Å². The van der Waals surface area contributed by atoms with E-state index in [-0.39, 0.29) is 4.90 Å². The molecule has 1 atom stereocenters. The van der Waals surface area contributed by atoms with E-state index in [9.17, 15) is 8.42 Å². The Kier molecular flexibility index (Phi) is 4.60. The van der Waals surface area contributed by atoms with Gasteiger partial charge in [-0.05, 0) is 38.8 Å². The lowest BCUT2D eigenvalue weighted by Gasteiger charge is -2.41. The van der Waals surface area contributed by atoms with Crippen molar-refractivity contribution >= 4 is 16.0 Å². The Bertz CT molecular complexity index is 598. The summed E-state index contributed by atoms with van der Waals surface area (Å²) >= 11 is 0. The predicted molar refractivity (Wildman–Crippen MR) is 84.1 cm³/mol. The van der Waals surface area contributed by atoms with Crippen molar-refractivity contribution in [1.82, 2.24) is 14.9 Å². The largest absolute Gasteiger partial charge is 0.339 e. The van der Waals surface area contributed by atoms with Gasteiger partial charge in [-0.15, -0.1) is 0 Å². The molecular formula is C14H23N5O2S. The molecule has 0 radical (unpaired) electrons. The van der Waals surface area contributed by atoms with Crippen molar-refractivity contribution in [3.05, 3.63) is 12.4 Å². The number of aromatic nitrogens is 2.